The number of hydrogen-bond acceptors (Lipinski definition) is 2. The summed E-state index contributed by atoms with van der Waals surface area (Å²) >= 11 is 0. The Balaban J connectivity index is 0. The van der Waals surface area contributed by atoms with Gasteiger partial charge in [-0.15, -0.1) is 12.4 Å². The van der Waals surface area contributed by atoms with E-state index >= 15 is 0 Å². The molecular formula is C12H28ClNO. The number of halogens is 1. The van der Waals surface area contributed by atoms with Gasteiger partial charge in [0.15, 0.2) is 0 Å². The molecule has 0 aromatic heterocycles. The molecule has 0 aliphatic heterocycles. The van der Waals surface area contributed by atoms with Crippen LogP contribution in [0.3, 0.4) is 0 Å². The normalized spacial score (nSPS) is 12.2. The molecule has 0 aliphatic carbocycles. The molecule has 0 amide bonds. The highest BCUT2D eigenvalue weighted by atomic mass is 35.5. The summed E-state index contributed by atoms with van der Waals surface area (Å²) in [6.45, 7) is 2.38. The first-order valence-corrected chi connectivity index (χ1v) is 6.17. The lowest BCUT2D eigenvalue weighted by Crippen LogP contribution is -2.23. The van der Waals surface area contributed by atoms with Gasteiger partial charge in [0.1, 0.15) is 0 Å². The molecule has 0 heterocycles. The van der Waals surface area contributed by atoms with Crippen LogP contribution in [0.2, 0.25) is 0 Å². The molecule has 94 valence electrons. The SMILES string of the molecule is CCCCCCCCCC[C@H](N)CO.Cl. The van der Waals surface area contributed by atoms with Crippen molar-refractivity contribution in [2.45, 2.75) is 70.8 Å². The molecule has 0 saturated carbocycles. The van der Waals surface area contributed by atoms with Crippen LogP contribution in [0.5, 0.6) is 0 Å². The Kier molecular flexibility index (Phi) is 16.7. The second-order valence-electron chi connectivity index (χ2n) is 4.21. The average molecular weight is 238 g/mol. The predicted octanol–water partition coefficient (Wildman–Crippen LogP) is 3.26. The number of aliphatic hydroxyl groups excluding tert-OH is 1. The van der Waals surface area contributed by atoms with Crippen molar-refractivity contribution in [3.63, 3.8) is 0 Å². The lowest BCUT2D eigenvalue weighted by molar-refractivity contribution is 0.257. The summed E-state index contributed by atoms with van der Waals surface area (Å²) in [5.41, 5.74) is 5.60. The van der Waals surface area contributed by atoms with E-state index in [0.29, 0.717) is 0 Å². The molecule has 0 aromatic rings. The predicted molar refractivity (Wildman–Crippen MR) is 69.5 cm³/mol. The Hall–Kier alpha value is 0.210. The molecule has 1 atom stereocenters. The standard InChI is InChI=1S/C12H27NO.ClH/c1-2-3-4-5-6-7-8-9-10-12(13)11-14;/h12,14H,2-11,13H2,1H3;1H/t12-;/m0./s1. The van der Waals surface area contributed by atoms with Gasteiger partial charge in [0.25, 0.3) is 0 Å². The largest absolute Gasteiger partial charge is 0.395 e. The fourth-order valence-corrected chi connectivity index (χ4v) is 1.63. The van der Waals surface area contributed by atoms with Gasteiger partial charge in [-0.1, -0.05) is 58.3 Å². The second kappa shape index (κ2) is 14.2. The Morgan fingerprint density at radius 1 is 0.933 bits per heavy atom. The third-order valence-electron chi connectivity index (χ3n) is 2.66. The third kappa shape index (κ3) is 14.2. The minimum atomic E-state index is 0. The van der Waals surface area contributed by atoms with Crippen LogP contribution >= 0.6 is 12.4 Å². The van der Waals surface area contributed by atoms with Gasteiger partial charge in [-0.05, 0) is 6.42 Å². The summed E-state index contributed by atoms with van der Waals surface area (Å²) in [6, 6.07) is 0.00934. The lowest BCUT2D eigenvalue weighted by Gasteiger charge is -2.06. The van der Waals surface area contributed by atoms with E-state index in [1.807, 2.05) is 0 Å². The number of aliphatic hydroxyl groups is 1. The molecule has 0 unspecified atom stereocenters. The molecular weight excluding hydrogens is 210 g/mol. The third-order valence-corrected chi connectivity index (χ3v) is 2.66. The van der Waals surface area contributed by atoms with Gasteiger partial charge in [0, 0.05) is 6.04 Å². The molecule has 0 fully saturated rings. The molecule has 3 N–H and O–H groups in total. The van der Waals surface area contributed by atoms with E-state index in [9.17, 15) is 0 Å². The Morgan fingerprint density at radius 2 is 1.40 bits per heavy atom. The fraction of sp³-hybridized carbons (Fsp3) is 1.00. The quantitative estimate of drug-likeness (QED) is 0.573. The molecule has 0 aromatic carbocycles. The molecule has 0 radical (unpaired) electrons. The summed E-state index contributed by atoms with van der Waals surface area (Å²) in [6.07, 6.45) is 11.6. The number of unbranched alkanes of at least 4 members (excludes halogenated alkanes) is 7. The zero-order chi connectivity index (χ0) is 10.6. The summed E-state index contributed by atoms with van der Waals surface area (Å²) in [7, 11) is 0. The highest BCUT2D eigenvalue weighted by Gasteiger charge is 1.98. The Labute approximate surface area is 101 Å². The van der Waals surface area contributed by atoms with E-state index in [-0.39, 0.29) is 25.1 Å². The van der Waals surface area contributed by atoms with Crippen LogP contribution in [-0.4, -0.2) is 17.8 Å². The Morgan fingerprint density at radius 3 is 1.87 bits per heavy atom. The summed E-state index contributed by atoms with van der Waals surface area (Å²) in [5, 5.41) is 8.71. The minimum absolute atomic E-state index is 0. The van der Waals surface area contributed by atoms with E-state index in [1.54, 1.807) is 0 Å². The maximum atomic E-state index is 8.71. The van der Waals surface area contributed by atoms with Crippen LogP contribution in [0, 0.1) is 0 Å². The Bertz CT molecular complexity index is 112. The maximum Gasteiger partial charge on any atom is 0.0582 e. The van der Waals surface area contributed by atoms with E-state index in [4.69, 9.17) is 10.8 Å². The molecule has 3 heteroatoms. The minimum Gasteiger partial charge on any atom is -0.395 e. The molecule has 0 bridgehead atoms. The van der Waals surface area contributed by atoms with Crippen molar-refractivity contribution in [2.75, 3.05) is 6.61 Å². The van der Waals surface area contributed by atoms with Gasteiger partial charge in [-0.3, -0.25) is 0 Å². The van der Waals surface area contributed by atoms with Gasteiger partial charge in [0.2, 0.25) is 0 Å². The van der Waals surface area contributed by atoms with Gasteiger partial charge in [-0.25, -0.2) is 0 Å². The molecule has 0 spiro atoms. The molecule has 0 saturated heterocycles. The molecule has 2 nitrogen and oxygen atoms in total. The van der Waals surface area contributed by atoms with E-state index in [2.05, 4.69) is 6.92 Å². The van der Waals surface area contributed by atoms with Crippen molar-refractivity contribution in [2.24, 2.45) is 5.73 Å². The van der Waals surface area contributed by atoms with Crippen LogP contribution in [0.15, 0.2) is 0 Å². The van der Waals surface area contributed by atoms with Crippen molar-refractivity contribution >= 4 is 12.4 Å². The number of hydrogen-bond donors (Lipinski definition) is 2. The summed E-state index contributed by atoms with van der Waals surface area (Å²) in [4.78, 5) is 0. The monoisotopic (exact) mass is 237 g/mol. The van der Waals surface area contributed by atoms with Crippen molar-refractivity contribution in [3.05, 3.63) is 0 Å². The lowest BCUT2D eigenvalue weighted by atomic mass is 10.1. The number of nitrogens with two attached hydrogens (primary N) is 1. The van der Waals surface area contributed by atoms with Crippen LogP contribution in [0.4, 0.5) is 0 Å². The van der Waals surface area contributed by atoms with Crippen molar-refractivity contribution in [1.82, 2.24) is 0 Å². The van der Waals surface area contributed by atoms with Gasteiger partial charge in [0.05, 0.1) is 6.61 Å². The fourth-order valence-electron chi connectivity index (χ4n) is 1.63. The van der Waals surface area contributed by atoms with E-state index in [1.165, 1.54) is 51.4 Å². The molecule has 0 rings (SSSR count). The number of rotatable bonds is 10. The highest BCUT2D eigenvalue weighted by molar-refractivity contribution is 5.85. The van der Waals surface area contributed by atoms with Crippen LogP contribution in [0.25, 0.3) is 0 Å². The van der Waals surface area contributed by atoms with Crippen LogP contribution in [-0.2, 0) is 0 Å². The topological polar surface area (TPSA) is 46.2 Å². The van der Waals surface area contributed by atoms with Crippen molar-refractivity contribution in [3.8, 4) is 0 Å². The van der Waals surface area contributed by atoms with Crippen molar-refractivity contribution < 1.29 is 5.11 Å². The van der Waals surface area contributed by atoms with Gasteiger partial charge >= 0.3 is 0 Å². The second-order valence-corrected chi connectivity index (χ2v) is 4.21. The smallest absolute Gasteiger partial charge is 0.0582 e. The van der Waals surface area contributed by atoms with E-state index in [0.717, 1.165) is 6.42 Å². The zero-order valence-electron chi connectivity index (χ0n) is 10.1. The first kappa shape index (κ1) is 17.6. The van der Waals surface area contributed by atoms with Crippen LogP contribution in [0.1, 0.15) is 64.7 Å². The van der Waals surface area contributed by atoms with Gasteiger partial charge in [-0.2, -0.15) is 0 Å². The summed E-state index contributed by atoms with van der Waals surface area (Å²) in [5.74, 6) is 0. The molecule has 15 heavy (non-hydrogen) atoms. The first-order chi connectivity index (χ1) is 6.81. The first-order valence-electron chi connectivity index (χ1n) is 6.17. The van der Waals surface area contributed by atoms with Gasteiger partial charge < -0.3 is 10.8 Å². The highest BCUT2D eigenvalue weighted by Crippen LogP contribution is 2.09. The van der Waals surface area contributed by atoms with Crippen molar-refractivity contribution in [1.29, 1.82) is 0 Å². The average Bonchev–Trinajstić information content (AvgIpc) is 2.21. The molecule has 0 aliphatic rings. The zero-order valence-corrected chi connectivity index (χ0v) is 10.9. The van der Waals surface area contributed by atoms with Crippen LogP contribution < -0.4 is 5.73 Å². The van der Waals surface area contributed by atoms with E-state index < -0.39 is 0 Å². The maximum absolute atomic E-state index is 8.71. The summed E-state index contributed by atoms with van der Waals surface area (Å²) < 4.78 is 0.